The van der Waals surface area contributed by atoms with E-state index in [1.165, 1.54) is 24.7 Å². The molecular weight excluding hydrogens is 386 g/mol. The van der Waals surface area contributed by atoms with Crippen molar-refractivity contribution in [3.8, 4) is 0 Å². The smallest absolute Gasteiger partial charge is 0.166 e. The van der Waals surface area contributed by atoms with Crippen LogP contribution >= 0.6 is 23.2 Å². The molecule has 2 fully saturated rings. The summed E-state index contributed by atoms with van der Waals surface area (Å²) in [6.45, 7) is 2.09. The standard InChI is InChI=1S/C20H17Cl2FN4/c21-14-2-4-16(18(23)17(14)22)27-19-13-7-11(1-3-15(13)25-10-26-19)20-8-12(20)5-6-24-9-20/h1-4,7,10,12,24H,5-6,8-9H2,(H,25,26,27). The van der Waals surface area contributed by atoms with Crippen LogP contribution in [0.15, 0.2) is 36.7 Å². The minimum absolute atomic E-state index is 0.103. The Balaban J connectivity index is 1.57. The van der Waals surface area contributed by atoms with Gasteiger partial charge in [0.05, 0.1) is 21.2 Å². The maximum atomic E-state index is 14.5. The molecule has 4 nitrogen and oxygen atoms in total. The first kappa shape index (κ1) is 17.2. The van der Waals surface area contributed by atoms with E-state index >= 15 is 0 Å². The van der Waals surface area contributed by atoms with Gasteiger partial charge in [-0.1, -0.05) is 29.3 Å². The van der Waals surface area contributed by atoms with Crippen molar-refractivity contribution in [3.63, 3.8) is 0 Å². The third-order valence-electron chi connectivity index (χ3n) is 5.84. The van der Waals surface area contributed by atoms with E-state index < -0.39 is 5.82 Å². The van der Waals surface area contributed by atoms with Crippen molar-refractivity contribution in [2.45, 2.75) is 18.3 Å². The van der Waals surface area contributed by atoms with Gasteiger partial charge in [0.1, 0.15) is 12.1 Å². The number of nitrogens with one attached hydrogen (secondary N) is 2. The van der Waals surface area contributed by atoms with Crippen molar-refractivity contribution in [2.24, 2.45) is 5.92 Å². The summed E-state index contributed by atoms with van der Waals surface area (Å²) in [5.41, 5.74) is 2.55. The van der Waals surface area contributed by atoms with Gasteiger partial charge < -0.3 is 10.6 Å². The second-order valence-electron chi connectivity index (χ2n) is 7.32. The zero-order chi connectivity index (χ0) is 18.6. The fraction of sp³-hybridized carbons (Fsp3) is 0.300. The van der Waals surface area contributed by atoms with Gasteiger partial charge in [0, 0.05) is 17.3 Å². The molecule has 0 spiro atoms. The van der Waals surface area contributed by atoms with Gasteiger partial charge in [-0.15, -0.1) is 0 Å². The molecule has 0 amide bonds. The van der Waals surface area contributed by atoms with Crippen LogP contribution < -0.4 is 10.6 Å². The van der Waals surface area contributed by atoms with Crippen LogP contribution in [0.4, 0.5) is 15.9 Å². The van der Waals surface area contributed by atoms with Crippen molar-refractivity contribution in [3.05, 3.63) is 58.1 Å². The van der Waals surface area contributed by atoms with E-state index in [-0.39, 0.29) is 21.1 Å². The average Bonchev–Trinajstić information content (AvgIpc) is 3.44. The SMILES string of the molecule is Fc1c(Nc2ncnc3ccc(C45CNCCC4C5)cc23)ccc(Cl)c1Cl. The highest BCUT2D eigenvalue weighted by Crippen LogP contribution is 2.57. The Hall–Kier alpha value is -1.95. The van der Waals surface area contributed by atoms with Crippen LogP contribution in [0.5, 0.6) is 0 Å². The average molecular weight is 403 g/mol. The third kappa shape index (κ3) is 2.76. The fourth-order valence-electron chi connectivity index (χ4n) is 4.23. The molecule has 27 heavy (non-hydrogen) atoms. The number of fused-ring (bicyclic) bond motifs is 2. The van der Waals surface area contributed by atoms with Crippen LogP contribution in [0.1, 0.15) is 18.4 Å². The number of rotatable bonds is 3. The van der Waals surface area contributed by atoms with Crippen molar-refractivity contribution in [1.82, 2.24) is 15.3 Å². The Morgan fingerprint density at radius 1 is 1.19 bits per heavy atom. The molecule has 2 aromatic carbocycles. The maximum Gasteiger partial charge on any atom is 0.166 e. The summed E-state index contributed by atoms with van der Waals surface area (Å²) < 4.78 is 14.5. The van der Waals surface area contributed by atoms with Gasteiger partial charge >= 0.3 is 0 Å². The van der Waals surface area contributed by atoms with Crippen LogP contribution in [0.3, 0.4) is 0 Å². The molecule has 2 heterocycles. The number of halogens is 3. The van der Waals surface area contributed by atoms with Gasteiger partial charge in [-0.2, -0.15) is 0 Å². The van der Waals surface area contributed by atoms with Crippen molar-refractivity contribution in [1.29, 1.82) is 0 Å². The van der Waals surface area contributed by atoms with E-state index in [1.807, 2.05) is 6.07 Å². The number of nitrogens with zero attached hydrogens (tertiary/aromatic N) is 2. The van der Waals surface area contributed by atoms with Crippen LogP contribution in [0, 0.1) is 11.7 Å². The summed E-state index contributed by atoms with van der Waals surface area (Å²) in [5, 5.41) is 7.51. The molecule has 2 atom stereocenters. The van der Waals surface area contributed by atoms with E-state index in [1.54, 1.807) is 12.1 Å². The number of benzene rings is 2. The Bertz CT molecular complexity index is 1060. The predicted octanol–water partition coefficient (Wildman–Crippen LogP) is 5.07. The lowest BCUT2D eigenvalue weighted by Gasteiger charge is -2.24. The van der Waals surface area contributed by atoms with Gasteiger partial charge in [0.25, 0.3) is 0 Å². The molecular formula is C20H17Cl2FN4. The summed E-state index contributed by atoms with van der Waals surface area (Å²) in [4.78, 5) is 8.69. The van der Waals surface area contributed by atoms with Crippen LogP contribution in [-0.4, -0.2) is 23.1 Å². The number of piperidine rings is 1. The first-order valence-electron chi connectivity index (χ1n) is 8.95. The number of aromatic nitrogens is 2. The topological polar surface area (TPSA) is 49.8 Å². The zero-order valence-corrected chi connectivity index (χ0v) is 15.9. The first-order valence-corrected chi connectivity index (χ1v) is 9.70. The number of hydrogen-bond donors (Lipinski definition) is 2. The Labute approximate surface area is 166 Å². The second-order valence-corrected chi connectivity index (χ2v) is 8.11. The minimum atomic E-state index is -0.593. The summed E-state index contributed by atoms with van der Waals surface area (Å²) in [5.74, 6) is 0.700. The van der Waals surface area contributed by atoms with E-state index in [4.69, 9.17) is 23.2 Å². The molecule has 1 aliphatic heterocycles. The van der Waals surface area contributed by atoms with Gasteiger partial charge in [0.2, 0.25) is 0 Å². The molecule has 1 saturated carbocycles. The molecule has 3 aromatic rings. The molecule has 2 aliphatic rings. The molecule has 1 saturated heterocycles. The molecule has 2 N–H and O–H groups in total. The minimum Gasteiger partial charge on any atom is -0.337 e. The van der Waals surface area contributed by atoms with E-state index in [2.05, 4.69) is 32.7 Å². The van der Waals surface area contributed by atoms with E-state index in [0.29, 0.717) is 5.82 Å². The zero-order valence-electron chi connectivity index (χ0n) is 14.4. The maximum absolute atomic E-state index is 14.5. The molecule has 7 heteroatoms. The summed E-state index contributed by atoms with van der Waals surface area (Å²) in [7, 11) is 0. The summed E-state index contributed by atoms with van der Waals surface area (Å²) >= 11 is 11.8. The predicted molar refractivity (Wildman–Crippen MR) is 107 cm³/mol. The Kier molecular flexibility index (Phi) is 4.00. The molecule has 0 bridgehead atoms. The quantitative estimate of drug-likeness (QED) is 0.600. The molecule has 0 radical (unpaired) electrons. The molecule has 138 valence electrons. The third-order valence-corrected chi connectivity index (χ3v) is 6.62. The largest absolute Gasteiger partial charge is 0.337 e. The van der Waals surface area contributed by atoms with Crippen LogP contribution in [0.2, 0.25) is 10.0 Å². The first-order chi connectivity index (χ1) is 13.1. The molecule has 2 unspecified atom stereocenters. The van der Waals surface area contributed by atoms with E-state index in [0.717, 1.165) is 29.9 Å². The van der Waals surface area contributed by atoms with Crippen LogP contribution in [-0.2, 0) is 5.41 Å². The lowest BCUT2D eigenvalue weighted by atomic mass is 9.89. The van der Waals surface area contributed by atoms with Gasteiger partial charge in [-0.3, -0.25) is 0 Å². The second kappa shape index (κ2) is 6.30. The van der Waals surface area contributed by atoms with Crippen molar-refractivity contribution in [2.75, 3.05) is 18.4 Å². The van der Waals surface area contributed by atoms with E-state index in [9.17, 15) is 4.39 Å². The van der Waals surface area contributed by atoms with Crippen molar-refractivity contribution >= 4 is 45.6 Å². The lowest BCUT2D eigenvalue weighted by Crippen LogP contribution is -2.34. The summed E-state index contributed by atoms with van der Waals surface area (Å²) in [6, 6.07) is 9.43. The highest BCUT2D eigenvalue weighted by atomic mass is 35.5. The monoisotopic (exact) mass is 402 g/mol. The van der Waals surface area contributed by atoms with Crippen LogP contribution in [0.25, 0.3) is 10.9 Å². The summed E-state index contributed by atoms with van der Waals surface area (Å²) in [6.07, 6.45) is 3.90. The fourth-order valence-corrected chi connectivity index (χ4v) is 4.55. The lowest BCUT2D eigenvalue weighted by molar-refractivity contribution is 0.447. The van der Waals surface area contributed by atoms with Gasteiger partial charge in [-0.25, -0.2) is 14.4 Å². The van der Waals surface area contributed by atoms with Gasteiger partial charge in [0.15, 0.2) is 5.82 Å². The Morgan fingerprint density at radius 3 is 2.93 bits per heavy atom. The highest BCUT2D eigenvalue weighted by molar-refractivity contribution is 6.42. The van der Waals surface area contributed by atoms with Gasteiger partial charge in [-0.05, 0) is 55.1 Å². The molecule has 1 aliphatic carbocycles. The molecule has 5 rings (SSSR count). The highest BCUT2D eigenvalue weighted by Gasteiger charge is 2.55. The normalized spacial score (nSPS) is 23.9. The molecule has 1 aromatic heterocycles. The van der Waals surface area contributed by atoms with Crippen molar-refractivity contribution < 1.29 is 4.39 Å². The number of hydrogen-bond acceptors (Lipinski definition) is 4. The number of anilines is 2. The Morgan fingerprint density at radius 2 is 2.07 bits per heavy atom.